The van der Waals surface area contributed by atoms with E-state index in [0.29, 0.717) is 12.3 Å². The van der Waals surface area contributed by atoms with Crippen LogP contribution in [-0.4, -0.2) is 28.6 Å². The standard InChI is InChI=1S/C12H13BrN2O2/c1-17-12-9(6-7-16)8-14-15(12)11-5-3-2-4-10(11)13/h2-5,8,16H,6-7H2,1H3. The first-order chi connectivity index (χ1) is 8.27. The van der Waals surface area contributed by atoms with Crippen LogP contribution in [0.1, 0.15) is 5.56 Å². The van der Waals surface area contributed by atoms with E-state index >= 15 is 0 Å². The molecule has 0 amide bonds. The van der Waals surface area contributed by atoms with Gasteiger partial charge in [0.1, 0.15) is 0 Å². The van der Waals surface area contributed by atoms with Crippen molar-refractivity contribution < 1.29 is 9.84 Å². The van der Waals surface area contributed by atoms with Gasteiger partial charge in [0.25, 0.3) is 0 Å². The molecule has 0 aliphatic rings. The van der Waals surface area contributed by atoms with Gasteiger partial charge in [0.15, 0.2) is 0 Å². The summed E-state index contributed by atoms with van der Waals surface area (Å²) in [6.45, 7) is 0.0814. The maximum atomic E-state index is 8.97. The van der Waals surface area contributed by atoms with Gasteiger partial charge in [-0.25, -0.2) is 0 Å². The van der Waals surface area contributed by atoms with Crippen LogP contribution in [0.4, 0.5) is 0 Å². The van der Waals surface area contributed by atoms with Gasteiger partial charge in [-0.15, -0.1) is 0 Å². The van der Waals surface area contributed by atoms with Gasteiger partial charge < -0.3 is 9.84 Å². The predicted molar refractivity (Wildman–Crippen MR) is 68.6 cm³/mol. The van der Waals surface area contributed by atoms with Crippen LogP contribution in [0.15, 0.2) is 34.9 Å². The first-order valence-electron chi connectivity index (χ1n) is 5.24. The summed E-state index contributed by atoms with van der Waals surface area (Å²) in [4.78, 5) is 0. The molecule has 5 heteroatoms. The molecule has 0 spiro atoms. The van der Waals surface area contributed by atoms with Crippen molar-refractivity contribution in [3.05, 3.63) is 40.5 Å². The van der Waals surface area contributed by atoms with E-state index in [2.05, 4.69) is 21.0 Å². The number of hydrogen-bond donors (Lipinski definition) is 1. The molecule has 17 heavy (non-hydrogen) atoms. The molecule has 90 valence electrons. The second kappa shape index (κ2) is 5.33. The van der Waals surface area contributed by atoms with Crippen molar-refractivity contribution in [2.75, 3.05) is 13.7 Å². The van der Waals surface area contributed by atoms with Gasteiger partial charge in [-0.05, 0) is 28.1 Å². The maximum Gasteiger partial charge on any atom is 0.219 e. The lowest BCUT2D eigenvalue weighted by Gasteiger charge is -2.09. The predicted octanol–water partition coefficient (Wildman–Crippen LogP) is 2.18. The molecular weight excluding hydrogens is 284 g/mol. The Kier molecular flexibility index (Phi) is 3.81. The Labute approximate surface area is 108 Å². The smallest absolute Gasteiger partial charge is 0.219 e. The van der Waals surface area contributed by atoms with E-state index in [1.165, 1.54) is 0 Å². The van der Waals surface area contributed by atoms with Crippen LogP contribution in [0.2, 0.25) is 0 Å². The van der Waals surface area contributed by atoms with Gasteiger partial charge >= 0.3 is 0 Å². The van der Waals surface area contributed by atoms with Crippen LogP contribution >= 0.6 is 15.9 Å². The number of ether oxygens (including phenoxy) is 1. The van der Waals surface area contributed by atoms with E-state index in [0.717, 1.165) is 15.7 Å². The summed E-state index contributed by atoms with van der Waals surface area (Å²) in [5.74, 6) is 0.658. The highest BCUT2D eigenvalue weighted by Crippen LogP contribution is 2.27. The third-order valence-corrected chi connectivity index (χ3v) is 3.12. The molecular formula is C12H13BrN2O2. The highest BCUT2D eigenvalue weighted by atomic mass is 79.9. The summed E-state index contributed by atoms with van der Waals surface area (Å²) in [5.41, 5.74) is 1.80. The minimum absolute atomic E-state index is 0.0814. The fraction of sp³-hybridized carbons (Fsp3) is 0.250. The van der Waals surface area contributed by atoms with Crippen molar-refractivity contribution in [1.29, 1.82) is 0 Å². The molecule has 0 radical (unpaired) electrons. The second-order valence-electron chi connectivity index (χ2n) is 3.52. The van der Waals surface area contributed by atoms with Crippen LogP contribution in [0.5, 0.6) is 5.88 Å². The lowest BCUT2D eigenvalue weighted by atomic mass is 10.2. The van der Waals surface area contributed by atoms with Gasteiger partial charge in [0.05, 0.1) is 19.0 Å². The Morgan fingerprint density at radius 1 is 1.41 bits per heavy atom. The van der Waals surface area contributed by atoms with Gasteiger partial charge in [0.2, 0.25) is 5.88 Å². The quantitative estimate of drug-likeness (QED) is 0.941. The zero-order valence-electron chi connectivity index (χ0n) is 9.43. The summed E-state index contributed by atoms with van der Waals surface area (Å²) in [7, 11) is 1.60. The molecule has 0 fully saturated rings. The topological polar surface area (TPSA) is 47.3 Å². The minimum Gasteiger partial charge on any atom is -0.481 e. The molecule has 0 unspecified atom stereocenters. The fourth-order valence-corrected chi connectivity index (χ4v) is 2.13. The Morgan fingerprint density at radius 3 is 2.82 bits per heavy atom. The van der Waals surface area contributed by atoms with E-state index in [4.69, 9.17) is 9.84 Å². The molecule has 0 aliphatic heterocycles. The first-order valence-corrected chi connectivity index (χ1v) is 6.04. The normalized spacial score (nSPS) is 10.5. The molecule has 1 aromatic carbocycles. The van der Waals surface area contributed by atoms with E-state index in [1.54, 1.807) is 18.0 Å². The number of methoxy groups -OCH3 is 1. The molecule has 0 saturated carbocycles. The monoisotopic (exact) mass is 296 g/mol. The number of benzene rings is 1. The number of para-hydroxylation sites is 1. The Balaban J connectivity index is 2.49. The molecule has 1 N–H and O–H groups in total. The van der Waals surface area contributed by atoms with Crippen molar-refractivity contribution >= 4 is 15.9 Å². The second-order valence-corrected chi connectivity index (χ2v) is 4.37. The molecule has 1 heterocycles. The van der Waals surface area contributed by atoms with Crippen LogP contribution < -0.4 is 4.74 Å². The summed E-state index contributed by atoms with van der Waals surface area (Å²) in [5, 5.41) is 13.3. The Hall–Kier alpha value is -1.33. The molecule has 0 atom stereocenters. The van der Waals surface area contributed by atoms with Crippen molar-refractivity contribution in [2.24, 2.45) is 0 Å². The van der Waals surface area contributed by atoms with E-state index in [9.17, 15) is 0 Å². The molecule has 2 aromatic rings. The molecule has 2 rings (SSSR count). The lowest BCUT2D eigenvalue weighted by Crippen LogP contribution is -2.02. The van der Waals surface area contributed by atoms with E-state index in [-0.39, 0.29) is 6.61 Å². The van der Waals surface area contributed by atoms with Crippen molar-refractivity contribution in [3.63, 3.8) is 0 Å². The third-order valence-electron chi connectivity index (χ3n) is 2.45. The van der Waals surface area contributed by atoms with Gasteiger partial charge in [0, 0.05) is 23.1 Å². The highest BCUT2D eigenvalue weighted by molar-refractivity contribution is 9.10. The first kappa shape index (κ1) is 12.1. The molecule has 1 aromatic heterocycles. The Bertz CT molecular complexity index is 511. The van der Waals surface area contributed by atoms with E-state index in [1.807, 2.05) is 24.3 Å². The minimum atomic E-state index is 0.0814. The maximum absolute atomic E-state index is 8.97. The SMILES string of the molecule is COc1c(CCO)cnn1-c1ccccc1Br. The van der Waals surface area contributed by atoms with Crippen molar-refractivity contribution in [2.45, 2.75) is 6.42 Å². The van der Waals surface area contributed by atoms with Crippen LogP contribution in [-0.2, 0) is 6.42 Å². The summed E-state index contributed by atoms with van der Waals surface area (Å²) < 4.78 is 8.01. The fourth-order valence-electron chi connectivity index (χ4n) is 1.68. The molecule has 0 bridgehead atoms. The summed E-state index contributed by atoms with van der Waals surface area (Å²) in [6.07, 6.45) is 2.25. The number of halogens is 1. The molecule has 0 saturated heterocycles. The number of aliphatic hydroxyl groups is 1. The lowest BCUT2D eigenvalue weighted by molar-refractivity contribution is 0.296. The van der Waals surface area contributed by atoms with Crippen molar-refractivity contribution in [3.8, 4) is 11.6 Å². The summed E-state index contributed by atoms with van der Waals surface area (Å²) >= 11 is 3.48. The number of rotatable bonds is 4. The number of aliphatic hydroxyl groups excluding tert-OH is 1. The number of hydrogen-bond acceptors (Lipinski definition) is 3. The Morgan fingerprint density at radius 2 is 2.18 bits per heavy atom. The molecule has 4 nitrogen and oxygen atoms in total. The van der Waals surface area contributed by atoms with Crippen molar-refractivity contribution in [1.82, 2.24) is 9.78 Å². The number of aromatic nitrogens is 2. The average molecular weight is 297 g/mol. The zero-order chi connectivity index (χ0) is 12.3. The summed E-state index contributed by atoms with van der Waals surface area (Å²) in [6, 6.07) is 7.77. The van der Waals surface area contributed by atoms with Gasteiger partial charge in [-0.2, -0.15) is 9.78 Å². The van der Waals surface area contributed by atoms with Gasteiger partial charge in [-0.3, -0.25) is 0 Å². The zero-order valence-corrected chi connectivity index (χ0v) is 11.0. The van der Waals surface area contributed by atoms with Crippen LogP contribution in [0.3, 0.4) is 0 Å². The van der Waals surface area contributed by atoms with E-state index < -0.39 is 0 Å². The van der Waals surface area contributed by atoms with Gasteiger partial charge in [-0.1, -0.05) is 12.1 Å². The third kappa shape index (κ3) is 2.35. The molecule has 0 aliphatic carbocycles. The van der Waals surface area contributed by atoms with Crippen LogP contribution in [0.25, 0.3) is 5.69 Å². The average Bonchev–Trinajstić information content (AvgIpc) is 2.73. The highest BCUT2D eigenvalue weighted by Gasteiger charge is 2.13. The largest absolute Gasteiger partial charge is 0.481 e. The van der Waals surface area contributed by atoms with Crippen LogP contribution in [0, 0.1) is 0 Å². The number of nitrogens with zero attached hydrogens (tertiary/aromatic N) is 2.